The molecule has 0 bridgehead atoms. The zero-order valence-corrected chi connectivity index (χ0v) is 13.8. The number of nitrogens with zero attached hydrogens (tertiary/aromatic N) is 1. The number of aryl methyl sites for hydroxylation is 1. The van der Waals surface area contributed by atoms with E-state index in [-0.39, 0.29) is 6.04 Å². The second-order valence-electron chi connectivity index (χ2n) is 6.16. The van der Waals surface area contributed by atoms with E-state index < -0.39 is 10.0 Å². The molecular formula is C18H21NO2S. The van der Waals surface area contributed by atoms with E-state index in [1.54, 1.807) is 16.4 Å². The van der Waals surface area contributed by atoms with Gasteiger partial charge in [0, 0.05) is 6.54 Å². The van der Waals surface area contributed by atoms with Crippen molar-refractivity contribution in [3.8, 4) is 0 Å². The first-order chi connectivity index (χ1) is 10.5. The van der Waals surface area contributed by atoms with Crippen LogP contribution in [0.4, 0.5) is 0 Å². The highest BCUT2D eigenvalue weighted by Crippen LogP contribution is 2.39. The van der Waals surface area contributed by atoms with Gasteiger partial charge in [0.15, 0.2) is 0 Å². The lowest BCUT2D eigenvalue weighted by molar-refractivity contribution is 0.394. The van der Waals surface area contributed by atoms with E-state index in [4.69, 9.17) is 0 Å². The molecule has 4 heteroatoms. The highest BCUT2D eigenvalue weighted by Gasteiger charge is 2.39. The number of sulfonamides is 1. The minimum atomic E-state index is -3.45. The molecule has 0 aromatic heterocycles. The zero-order valence-electron chi connectivity index (χ0n) is 12.9. The molecule has 3 rings (SSSR count). The van der Waals surface area contributed by atoms with Crippen LogP contribution in [0, 0.1) is 12.8 Å². The lowest BCUT2D eigenvalue weighted by Crippen LogP contribution is -2.31. The molecule has 3 nitrogen and oxygen atoms in total. The van der Waals surface area contributed by atoms with Gasteiger partial charge in [0.25, 0.3) is 0 Å². The summed E-state index contributed by atoms with van der Waals surface area (Å²) >= 11 is 0. The monoisotopic (exact) mass is 315 g/mol. The van der Waals surface area contributed by atoms with E-state index in [0.29, 0.717) is 17.4 Å². The van der Waals surface area contributed by atoms with Gasteiger partial charge in [-0.1, -0.05) is 55.0 Å². The summed E-state index contributed by atoms with van der Waals surface area (Å²) in [4.78, 5) is 0.383. The molecule has 0 aliphatic carbocycles. The zero-order chi connectivity index (χ0) is 15.7. The smallest absolute Gasteiger partial charge is 0.207 e. The van der Waals surface area contributed by atoms with Crippen LogP contribution < -0.4 is 0 Å². The topological polar surface area (TPSA) is 37.4 Å². The average Bonchev–Trinajstić information content (AvgIpc) is 2.91. The van der Waals surface area contributed by atoms with Gasteiger partial charge in [0.2, 0.25) is 10.0 Å². The first kappa shape index (κ1) is 15.3. The Morgan fingerprint density at radius 2 is 1.64 bits per heavy atom. The first-order valence-electron chi connectivity index (χ1n) is 7.62. The molecule has 0 spiro atoms. The van der Waals surface area contributed by atoms with Crippen molar-refractivity contribution >= 4 is 10.0 Å². The molecule has 0 amide bonds. The van der Waals surface area contributed by atoms with Crippen molar-refractivity contribution in [2.45, 2.75) is 31.2 Å². The van der Waals surface area contributed by atoms with Crippen LogP contribution >= 0.6 is 0 Å². The van der Waals surface area contributed by atoms with Crippen LogP contribution in [-0.2, 0) is 10.0 Å². The molecule has 116 valence electrons. The van der Waals surface area contributed by atoms with Crippen LogP contribution in [0.5, 0.6) is 0 Å². The SMILES string of the molecule is Cc1ccc(S(=O)(=O)N2C[C@H](C)CC2c2ccccc2)cc1. The van der Waals surface area contributed by atoms with E-state index in [2.05, 4.69) is 6.92 Å². The Morgan fingerprint density at radius 3 is 2.27 bits per heavy atom. The molecule has 1 fully saturated rings. The van der Waals surface area contributed by atoms with Gasteiger partial charge in [-0.25, -0.2) is 8.42 Å². The second-order valence-corrected chi connectivity index (χ2v) is 8.05. The van der Waals surface area contributed by atoms with Gasteiger partial charge in [-0.3, -0.25) is 0 Å². The Hall–Kier alpha value is -1.65. The second kappa shape index (κ2) is 5.86. The third-order valence-corrected chi connectivity index (χ3v) is 6.17. The van der Waals surface area contributed by atoms with Gasteiger partial charge in [-0.05, 0) is 37.0 Å². The predicted octanol–water partition coefficient (Wildman–Crippen LogP) is 3.77. The summed E-state index contributed by atoms with van der Waals surface area (Å²) in [7, 11) is -3.45. The molecule has 1 saturated heterocycles. The van der Waals surface area contributed by atoms with E-state index >= 15 is 0 Å². The Bertz CT molecular complexity index is 738. The van der Waals surface area contributed by atoms with Crippen molar-refractivity contribution in [1.29, 1.82) is 0 Å². The maximum atomic E-state index is 13.0. The predicted molar refractivity (Wildman–Crippen MR) is 88.0 cm³/mol. The van der Waals surface area contributed by atoms with E-state index in [1.165, 1.54) is 0 Å². The van der Waals surface area contributed by atoms with Gasteiger partial charge in [-0.2, -0.15) is 4.31 Å². The van der Waals surface area contributed by atoms with Gasteiger partial charge in [0.1, 0.15) is 0 Å². The summed E-state index contributed by atoms with van der Waals surface area (Å²) in [6.07, 6.45) is 0.870. The minimum Gasteiger partial charge on any atom is -0.207 e. The fourth-order valence-electron chi connectivity index (χ4n) is 3.10. The molecule has 2 aromatic rings. The molecule has 1 aliphatic heterocycles. The maximum absolute atomic E-state index is 13.0. The number of hydrogen-bond acceptors (Lipinski definition) is 2. The van der Waals surface area contributed by atoms with Crippen molar-refractivity contribution in [1.82, 2.24) is 4.31 Å². The lowest BCUT2D eigenvalue weighted by Gasteiger charge is -2.24. The molecule has 0 saturated carbocycles. The third kappa shape index (κ3) is 2.81. The van der Waals surface area contributed by atoms with Crippen molar-refractivity contribution in [3.05, 3.63) is 65.7 Å². The quantitative estimate of drug-likeness (QED) is 0.864. The summed E-state index contributed by atoms with van der Waals surface area (Å²) in [5, 5.41) is 0. The molecule has 22 heavy (non-hydrogen) atoms. The van der Waals surface area contributed by atoms with Crippen LogP contribution in [0.3, 0.4) is 0 Å². The molecule has 1 heterocycles. The minimum absolute atomic E-state index is 0.0671. The summed E-state index contributed by atoms with van der Waals surface area (Å²) in [6.45, 7) is 4.65. The molecule has 2 aromatic carbocycles. The maximum Gasteiger partial charge on any atom is 0.243 e. The van der Waals surface area contributed by atoms with Gasteiger partial charge in [0.05, 0.1) is 10.9 Å². The van der Waals surface area contributed by atoms with E-state index in [9.17, 15) is 8.42 Å². The number of hydrogen-bond donors (Lipinski definition) is 0. The lowest BCUT2D eigenvalue weighted by atomic mass is 10.0. The van der Waals surface area contributed by atoms with Crippen LogP contribution in [0.2, 0.25) is 0 Å². The number of rotatable bonds is 3. The molecular weight excluding hydrogens is 294 g/mol. The van der Waals surface area contributed by atoms with Crippen molar-refractivity contribution in [2.24, 2.45) is 5.92 Å². The van der Waals surface area contributed by atoms with Gasteiger partial charge in [-0.15, -0.1) is 0 Å². The van der Waals surface area contributed by atoms with Gasteiger partial charge < -0.3 is 0 Å². The highest BCUT2D eigenvalue weighted by atomic mass is 32.2. The van der Waals surface area contributed by atoms with Crippen LogP contribution in [0.25, 0.3) is 0 Å². The fourth-order valence-corrected chi connectivity index (χ4v) is 4.84. The highest BCUT2D eigenvalue weighted by molar-refractivity contribution is 7.89. The molecule has 0 N–H and O–H groups in total. The summed E-state index contributed by atoms with van der Waals surface area (Å²) < 4.78 is 27.7. The Labute approximate surface area is 132 Å². The molecule has 0 radical (unpaired) electrons. The Morgan fingerprint density at radius 1 is 1.00 bits per heavy atom. The largest absolute Gasteiger partial charge is 0.243 e. The first-order valence-corrected chi connectivity index (χ1v) is 9.06. The standard InChI is InChI=1S/C18H21NO2S/c1-14-8-10-17(11-9-14)22(20,21)19-13-15(2)12-18(19)16-6-4-3-5-7-16/h3-11,15,18H,12-13H2,1-2H3/t15-,18?/m1/s1. The van der Waals surface area contributed by atoms with Crippen molar-refractivity contribution in [2.75, 3.05) is 6.54 Å². The fraction of sp³-hybridized carbons (Fsp3) is 0.333. The molecule has 1 unspecified atom stereocenters. The molecule has 2 atom stereocenters. The number of benzene rings is 2. The molecule has 1 aliphatic rings. The summed E-state index contributed by atoms with van der Waals surface area (Å²) in [5.74, 6) is 0.366. The third-order valence-electron chi connectivity index (χ3n) is 4.28. The Balaban J connectivity index is 1.99. The van der Waals surface area contributed by atoms with Crippen LogP contribution in [0.1, 0.15) is 30.5 Å². The van der Waals surface area contributed by atoms with E-state index in [0.717, 1.165) is 17.5 Å². The van der Waals surface area contributed by atoms with Crippen LogP contribution in [-0.4, -0.2) is 19.3 Å². The van der Waals surface area contributed by atoms with Crippen molar-refractivity contribution < 1.29 is 8.42 Å². The average molecular weight is 315 g/mol. The normalized spacial score (nSPS) is 22.8. The van der Waals surface area contributed by atoms with Gasteiger partial charge >= 0.3 is 0 Å². The Kier molecular flexibility index (Phi) is 4.06. The van der Waals surface area contributed by atoms with E-state index in [1.807, 2.05) is 49.4 Å². The van der Waals surface area contributed by atoms with Crippen molar-refractivity contribution in [3.63, 3.8) is 0 Å². The summed E-state index contributed by atoms with van der Waals surface area (Å²) in [5.41, 5.74) is 2.14. The summed E-state index contributed by atoms with van der Waals surface area (Å²) in [6, 6.07) is 17.0. The van der Waals surface area contributed by atoms with Crippen LogP contribution in [0.15, 0.2) is 59.5 Å².